The van der Waals surface area contributed by atoms with Crippen LogP contribution in [0.3, 0.4) is 0 Å². The molecular formula is C10H12ClN5O. The number of anilines is 1. The van der Waals surface area contributed by atoms with E-state index in [1.807, 2.05) is 0 Å². The SMILES string of the molecule is COc1ccc(Cl)cc1NCc1nnn(C)n1. The highest BCUT2D eigenvalue weighted by Crippen LogP contribution is 2.27. The van der Waals surface area contributed by atoms with Crippen molar-refractivity contribution < 1.29 is 4.74 Å². The molecule has 1 aromatic carbocycles. The van der Waals surface area contributed by atoms with Crippen LogP contribution < -0.4 is 10.1 Å². The van der Waals surface area contributed by atoms with Gasteiger partial charge in [0, 0.05) is 5.02 Å². The first-order valence-electron chi connectivity index (χ1n) is 4.99. The Morgan fingerprint density at radius 1 is 1.47 bits per heavy atom. The van der Waals surface area contributed by atoms with Crippen LogP contribution >= 0.6 is 11.6 Å². The standard InChI is InChI=1S/C10H12ClN5O/c1-16-14-10(13-15-16)6-12-8-5-7(11)3-4-9(8)17-2/h3-5,12H,6H2,1-2H3. The number of hydrogen-bond donors (Lipinski definition) is 1. The second-order valence-electron chi connectivity index (χ2n) is 3.39. The van der Waals surface area contributed by atoms with Gasteiger partial charge in [-0.1, -0.05) is 11.6 Å². The van der Waals surface area contributed by atoms with Crippen molar-refractivity contribution in [3.05, 3.63) is 29.0 Å². The van der Waals surface area contributed by atoms with Gasteiger partial charge in [-0.25, -0.2) is 0 Å². The Labute approximate surface area is 104 Å². The summed E-state index contributed by atoms with van der Waals surface area (Å²) in [6, 6.07) is 5.36. The van der Waals surface area contributed by atoms with Crippen LogP contribution in [0.2, 0.25) is 5.02 Å². The summed E-state index contributed by atoms with van der Waals surface area (Å²) in [5.41, 5.74) is 0.799. The number of rotatable bonds is 4. The lowest BCUT2D eigenvalue weighted by Crippen LogP contribution is -2.03. The Hall–Kier alpha value is -1.82. The lowest BCUT2D eigenvalue weighted by Gasteiger charge is -2.09. The van der Waals surface area contributed by atoms with Gasteiger partial charge in [0.15, 0.2) is 5.82 Å². The van der Waals surface area contributed by atoms with E-state index in [1.165, 1.54) is 4.80 Å². The highest BCUT2D eigenvalue weighted by molar-refractivity contribution is 6.30. The zero-order valence-corrected chi connectivity index (χ0v) is 10.3. The monoisotopic (exact) mass is 253 g/mol. The first-order valence-corrected chi connectivity index (χ1v) is 5.37. The largest absolute Gasteiger partial charge is 0.495 e. The van der Waals surface area contributed by atoms with Crippen LogP contribution in [0.25, 0.3) is 0 Å². The smallest absolute Gasteiger partial charge is 0.193 e. The Morgan fingerprint density at radius 2 is 2.29 bits per heavy atom. The maximum absolute atomic E-state index is 5.92. The van der Waals surface area contributed by atoms with Gasteiger partial charge in [0.25, 0.3) is 0 Å². The summed E-state index contributed by atoms with van der Waals surface area (Å²) in [5.74, 6) is 1.33. The lowest BCUT2D eigenvalue weighted by atomic mass is 10.3. The van der Waals surface area contributed by atoms with Gasteiger partial charge >= 0.3 is 0 Å². The van der Waals surface area contributed by atoms with Crippen LogP contribution in [0, 0.1) is 0 Å². The molecule has 1 N–H and O–H groups in total. The molecule has 2 rings (SSSR count). The third-order valence-electron chi connectivity index (χ3n) is 2.15. The highest BCUT2D eigenvalue weighted by atomic mass is 35.5. The molecule has 6 nitrogen and oxygen atoms in total. The Morgan fingerprint density at radius 3 is 2.94 bits per heavy atom. The van der Waals surface area contributed by atoms with E-state index >= 15 is 0 Å². The molecule has 0 fully saturated rings. The summed E-state index contributed by atoms with van der Waals surface area (Å²) in [4.78, 5) is 1.41. The number of ether oxygens (including phenoxy) is 1. The van der Waals surface area contributed by atoms with Crippen LogP contribution in [0.5, 0.6) is 5.75 Å². The van der Waals surface area contributed by atoms with Gasteiger partial charge in [0.05, 0.1) is 26.4 Å². The van der Waals surface area contributed by atoms with Crippen molar-refractivity contribution in [3.8, 4) is 5.75 Å². The zero-order valence-electron chi connectivity index (χ0n) is 9.51. The van der Waals surface area contributed by atoms with Crippen molar-refractivity contribution in [3.63, 3.8) is 0 Å². The summed E-state index contributed by atoms with van der Waals surface area (Å²) in [7, 11) is 3.32. The number of aryl methyl sites for hydroxylation is 1. The summed E-state index contributed by atoms with van der Waals surface area (Å²) in [6.45, 7) is 0.463. The average Bonchev–Trinajstić information content (AvgIpc) is 2.73. The molecular weight excluding hydrogens is 242 g/mol. The van der Waals surface area contributed by atoms with E-state index < -0.39 is 0 Å². The van der Waals surface area contributed by atoms with Crippen molar-refractivity contribution >= 4 is 17.3 Å². The fraction of sp³-hybridized carbons (Fsp3) is 0.300. The first-order chi connectivity index (χ1) is 8.19. The number of nitrogens with zero attached hydrogens (tertiary/aromatic N) is 4. The predicted octanol–water partition coefficient (Wildman–Crippen LogP) is 1.48. The second-order valence-corrected chi connectivity index (χ2v) is 3.83. The molecule has 90 valence electrons. The summed E-state index contributed by atoms with van der Waals surface area (Å²) < 4.78 is 5.21. The third-order valence-corrected chi connectivity index (χ3v) is 2.38. The number of benzene rings is 1. The van der Waals surface area contributed by atoms with Crippen LogP contribution in [-0.2, 0) is 13.6 Å². The predicted molar refractivity (Wildman–Crippen MR) is 64.1 cm³/mol. The van der Waals surface area contributed by atoms with Crippen molar-refractivity contribution in [1.82, 2.24) is 20.2 Å². The van der Waals surface area contributed by atoms with E-state index in [0.717, 1.165) is 11.4 Å². The molecule has 17 heavy (non-hydrogen) atoms. The number of tetrazole rings is 1. The molecule has 0 amide bonds. The fourth-order valence-electron chi connectivity index (χ4n) is 1.39. The Kier molecular flexibility index (Phi) is 3.43. The molecule has 0 spiro atoms. The van der Waals surface area contributed by atoms with Crippen molar-refractivity contribution in [2.75, 3.05) is 12.4 Å². The van der Waals surface area contributed by atoms with Crippen LogP contribution in [0.4, 0.5) is 5.69 Å². The minimum atomic E-state index is 0.463. The Bertz CT molecular complexity index is 513. The topological polar surface area (TPSA) is 64.9 Å². The first kappa shape index (κ1) is 11.7. The number of aromatic nitrogens is 4. The molecule has 0 unspecified atom stereocenters. The van der Waals surface area contributed by atoms with Gasteiger partial charge in [-0.2, -0.15) is 4.80 Å². The molecule has 0 saturated carbocycles. The van der Waals surface area contributed by atoms with Crippen LogP contribution in [0.1, 0.15) is 5.82 Å². The molecule has 0 aliphatic carbocycles. The van der Waals surface area contributed by atoms with Crippen molar-refractivity contribution in [2.45, 2.75) is 6.54 Å². The number of nitrogens with one attached hydrogen (secondary N) is 1. The molecule has 0 radical (unpaired) electrons. The fourth-order valence-corrected chi connectivity index (χ4v) is 1.56. The van der Waals surface area contributed by atoms with Gasteiger partial charge in [0.1, 0.15) is 5.75 Å². The number of hydrogen-bond acceptors (Lipinski definition) is 5. The van der Waals surface area contributed by atoms with E-state index in [1.54, 1.807) is 32.4 Å². The maximum atomic E-state index is 5.92. The summed E-state index contributed by atoms with van der Waals surface area (Å²) in [6.07, 6.45) is 0. The molecule has 0 atom stereocenters. The number of methoxy groups -OCH3 is 1. The van der Waals surface area contributed by atoms with Crippen molar-refractivity contribution in [1.29, 1.82) is 0 Å². The van der Waals surface area contributed by atoms with E-state index in [4.69, 9.17) is 16.3 Å². The second kappa shape index (κ2) is 5.01. The van der Waals surface area contributed by atoms with E-state index in [0.29, 0.717) is 17.4 Å². The van der Waals surface area contributed by atoms with Crippen LogP contribution in [0.15, 0.2) is 18.2 Å². The van der Waals surface area contributed by atoms with E-state index in [-0.39, 0.29) is 0 Å². The maximum Gasteiger partial charge on any atom is 0.193 e. The lowest BCUT2D eigenvalue weighted by molar-refractivity contribution is 0.416. The molecule has 0 aliphatic heterocycles. The molecule has 1 aromatic heterocycles. The van der Waals surface area contributed by atoms with Gasteiger partial charge < -0.3 is 10.1 Å². The molecule has 0 aliphatic rings. The number of halogens is 1. The summed E-state index contributed by atoms with van der Waals surface area (Å²) in [5, 5.41) is 15.5. The zero-order chi connectivity index (χ0) is 12.3. The molecule has 7 heteroatoms. The molecule has 1 heterocycles. The third kappa shape index (κ3) is 2.85. The molecule has 0 bridgehead atoms. The van der Waals surface area contributed by atoms with E-state index in [9.17, 15) is 0 Å². The van der Waals surface area contributed by atoms with Crippen LogP contribution in [-0.4, -0.2) is 27.3 Å². The average molecular weight is 254 g/mol. The van der Waals surface area contributed by atoms with Gasteiger partial charge in [-0.05, 0) is 23.4 Å². The quantitative estimate of drug-likeness (QED) is 0.894. The summed E-state index contributed by atoms with van der Waals surface area (Å²) >= 11 is 5.92. The molecule has 0 saturated heterocycles. The Balaban J connectivity index is 2.10. The molecule has 2 aromatic rings. The minimum Gasteiger partial charge on any atom is -0.495 e. The normalized spacial score (nSPS) is 10.3. The van der Waals surface area contributed by atoms with Gasteiger partial charge in [0.2, 0.25) is 0 Å². The van der Waals surface area contributed by atoms with Gasteiger partial charge in [-0.15, -0.1) is 10.2 Å². The van der Waals surface area contributed by atoms with Crippen molar-refractivity contribution in [2.24, 2.45) is 7.05 Å². The van der Waals surface area contributed by atoms with E-state index in [2.05, 4.69) is 20.7 Å². The highest BCUT2D eigenvalue weighted by Gasteiger charge is 2.05. The minimum absolute atomic E-state index is 0.463. The van der Waals surface area contributed by atoms with Gasteiger partial charge in [-0.3, -0.25) is 0 Å².